The molecule has 1 aliphatic rings. The summed E-state index contributed by atoms with van der Waals surface area (Å²) >= 11 is 0. The lowest BCUT2D eigenvalue weighted by Crippen LogP contribution is -2.19. The van der Waals surface area contributed by atoms with Crippen LogP contribution >= 0.6 is 0 Å². The van der Waals surface area contributed by atoms with Gasteiger partial charge in [-0.1, -0.05) is 55.5 Å². The Balaban J connectivity index is 1.52. The van der Waals surface area contributed by atoms with E-state index >= 15 is 0 Å². The maximum absolute atomic E-state index is 12.2. The minimum Gasteiger partial charge on any atom is -0.381 e. The molecule has 0 atom stereocenters. The number of hydrogen-bond donors (Lipinski definition) is 2. The van der Waals surface area contributed by atoms with Crippen LogP contribution in [0, 0.1) is 6.92 Å². The van der Waals surface area contributed by atoms with Crippen molar-refractivity contribution in [3.63, 3.8) is 0 Å². The van der Waals surface area contributed by atoms with Gasteiger partial charge in [0.15, 0.2) is 0 Å². The van der Waals surface area contributed by atoms with Gasteiger partial charge in [-0.3, -0.25) is 4.79 Å². The summed E-state index contributed by atoms with van der Waals surface area (Å²) in [6.45, 7) is 2.03. The zero-order valence-electron chi connectivity index (χ0n) is 14.9. The fraction of sp³-hybridized carbons (Fsp3) is 0.429. The molecule has 1 aromatic carbocycles. The average molecular weight is 337 g/mol. The molecule has 1 heterocycles. The molecule has 0 aliphatic heterocycles. The first-order chi connectivity index (χ1) is 12.2. The Kier molecular flexibility index (Phi) is 6.04. The van der Waals surface area contributed by atoms with Crippen LogP contribution in [0.3, 0.4) is 0 Å². The number of amides is 1. The van der Waals surface area contributed by atoms with Gasteiger partial charge >= 0.3 is 0 Å². The van der Waals surface area contributed by atoms with E-state index in [4.69, 9.17) is 0 Å². The molecule has 2 N–H and O–H groups in total. The highest BCUT2D eigenvalue weighted by atomic mass is 16.1. The van der Waals surface area contributed by atoms with Crippen LogP contribution in [0.15, 0.2) is 42.6 Å². The van der Waals surface area contributed by atoms with Crippen LogP contribution in [-0.2, 0) is 11.2 Å². The highest BCUT2D eigenvalue weighted by Gasteiger charge is 2.12. The first-order valence-electron chi connectivity index (χ1n) is 9.27. The maximum atomic E-state index is 12.2. The molecule has 1 saturated carbocycles. The summed E-state index contributed by atoms with van der Waals surface area (Å²) in [4.78, 5) is 16.5. The highest BCUT2D eigenvalue weighted by Crippen LogP contribution is 2.21. The van der Waals surface area contributed by atoms with Gasteiger partial charge in [0.2, 0.25) is 5.91 Å². The molecule has 4 heteroatoms. The number of aryl methyl sites for hydroxylation is 1. The van der Waals surface area contributed by atoms with Gasteiger partial charge in [0, 0.05) is 6.04 Å². The number of carbonyl (C=O) groups excluding carboxylic acids is 1. The quantitative estimate of drug-likeness (QED) is 0.777. The Hall–Kier alpha value is -2.36. The predicted molar refractivity (Wildman–Crippen MR) is 103 cm³/mol. The van der Waals surface area contributed by atoms with Crippen LogP contribution in [0.1, 0.15) is 49.7 Å². The van der Waals surface area contributed by atoms with Crippen LogP contribution in [0.5, 0.6) is 0 Å². The second-order valence-electron chi connectivity index (χ2n) is 6.98. The van der Waals surface area contributed by atoms with Gasteiger partial charge < -0.3 is 10.6 Å². The van der Waals surface area contributed by atoms with Crippen molar-refractivity contribution in [2.24, 2.45) is 0 Å². The molecule has 0 saturated heterocycles. The van der Waals surface area contributed by atoms with Crippen LogP contribution in [0.25, 0.3) is 0 Å². The van der Waals surface area contributed by atoms with Crippen molar-refractivity contribution >= 4 is 17.4 Å². The Morgan fingerprint density at radius 3 is 2.60 bits per heavy atom. The van der Waals surface area contributed by atoms with Gasteiger partial charge in [0.05, 0.1) is 18.3 Å². The van der Waals surface area contributed by atoms with Crippen LogP contribution < -0.4 is 10.6 Å². The lowest BCUT2D eigenvalue weighted by atomic mass is 10.1. The minimum atomic E-state index is -0.0393. The second-order valence-corrected chi connectivity index (χ2v) is 6.98. The first kappa shape index (κ1) is 17.5. The molecule has 0 bridgehead atoms. The van der Waals surface area contributed by atoms with Crippen molar-refractivity contribution in [2.45, 2.75) is 57.9 Å². The number of pyridine rings is 1. The molecule has 0 unspecified atom stereocenters. The van der Waals surface area contributed by atoms with E-state index in [9.17, 15) is 4.79 Å². The van der Waals surface area contributed by atoms with Crippen molar-refractivity contribution in [2.75, 3.05) is 10.6 Å². The molecule has 4 nitrogen and oxygen atoms in total. The smallest absolute Gasteiger partial charge is 0.229 e. The van der Waals surface area contributed by atoms with Crippen molar-refractivity contribution in [3.05, 3.63) is 53.7 Å². The molecular formula is C21H27N3O. The lowest BCUT2D eigenvalue weighted by molar-refractivity contribution is -0.115. The van der Waals surface area contributed by atoms with E-state index in [0.29, 0.717) is 18.3 Å². The van der Waals surface area contributed by atoms with Crippen molar-refractivity contribution in [1.82, 2.24) is 4.98 Å². The van der Waals surface area contributed by atoms with Gasteiger partial charge in [-0.05, 0) is 37.5 Å². The standard InChI is InChI=1S/C21H27N3O/c1-16-7-6-8-17(13-16)14-21(25)24-20-12-11-19(15-22-20)23-18-9-4-2-3-5-10-18/h6-8,11-13,15,18,23H,2-5,9-10,14H2,1H3,(H,22,24,25). The van der Waals surface area contributed by atoms with E-state index in [2.05, 4.69) is 15.6 Å². The molecule has 25 heavy (non-hydrogen) atoms. The fourth-order valence-corrected chi connectivity index (χ4v) is 3.41. The van der Waals surface area contributed by atoms with Crippen LogP contribution in [0.2, 0.25) is 0 Å². The summed E-state index contributed by atoms with van der Waals surface area (Å²) in [5.74, 6) is 0.562. The molecule has 1 fully saturated rings. The van der Waals surface area contributed by atoms with Crippen molar-refractivity contribution in [3.8, 4) is 0 Å². The molecule has 3 rings (SSSR count). The van der Waals surface area contributed by atoms with Crippen molar-refractivity contribution < 1.29 is 4.79 Å². The summed E-state index contributed by atoms with van der Waals surface area (Å²) in [5.41, 5.74) is 3.21. The van der Waals surface area contributed by atoms with Gasteiger partial charge in [0.25, 0.3) is 0 Å². The molecule has 132 valence electrons. The highest BCUT2D eigenvalue weighted by molar-refractivity contribution is 5.91. The summed E-state index contributed by atoms with van der Waals surface area (Å²) in [6, 6.07) is 12.4. The number of benzene rings is 1. The number of rotatable bonds is 5. The summed E-state index contributed by atoms with van der Waals surface area (Å²) in [6.07, 6.45) is 9.95. The van der Waals surface area contributed by atoms with Gasteiger partial charge in [-0.15, -0.1) is 0 Å². The topological polar surface area (TPSA) is 54.0 Å². The molecule has 2 aromatic rings. The van der Waals surface area contributed by atoms with Gasteiger partial charge in [-0.25, -0.2) is 4.98 Å². The second kappa shape index (κ2) is 8.65. The number of nitrogens with zero attached hydrogens (tertiary/aromatic N) is 1. The third kappa shape index (κ3) is 5.59. The van der Waals surface area contributed by atoms with Crippen molar-refractivity contribution in [1.29, 1.82) is 0 Å². The number of aromatic nitrogens is 1. The predicted octanol–water partition coefficient (Wildman–Crippen LogP) is 4.71. The Bertz CT molecular complexity index is 689. The zero-order chi connectivity index (χ0) is 17.5. The van der Waals surface area contributed by atoms with Gasteiger partial charge in [-0.2, -0.15) is 0 Å². The number of nitrogens with one attached hydrogen (secondary N) is 2. The third-order valence-corrected chi connectivity index (χ3v) is 4.70. The van der Waals surface area contributed by atoms with Gasteiger partial charge in [0.1, 0.15) is 5.82 Å². The molecule has 1 aliphatic carbocycles. The maximum Gasteiger partial charge on any atom is 0.229 e. The van der Waals surface area contributed by atoms with E-state index < -0.39 is 0 Å². The number of carbonyl (C=O) groups is 1. The molecular weight excluding hydrogens is 310 g/mol. The SMILES string of the molecule is Cc1cccc(CC(=O)Nc2ccc(NC3CCCCCC3)cn2)c1. The largest absolute Gasteiger partial charge is 0.381 e. The summed E-state index contributed by atoms with van der Waals surface area (Å²) < 4.78 is 0. The van der Waals surface area contributed by atoms with Crippen LogP contribution in [0.4, 0.5) is 11.5 Å². The normalized spacial score (nSPS) is 15.4. The van der Waals surface area contributed by atoms with E-state index in [1.165, 1.54) is 38.5 Å². The fourth-order valence-electron chi connectivity index (χ4n) is 3.41. The first-order valence-corrected chi connectivity index (χ1v) is 9.27. The third-order valence-electron chi connectivity index (χ3n) is 4.70. The molecule has 0 radical (unpaired) electrons. The molecule has 1 aromatic heterocycles. The molecule has 1 amide bonds. The van der Waals surface area contributed by atoms with Crippen LogP contribution in [-0.4, -0.2) is 16.9 Å². The number of anilines is 2. The Morgan fingerprint density at radius 1 is 1.12 bits per heavy atom. The zero-order valence-corrected chi connectivity index (χ0v) is 14.9. The van der Waals surface area contributed by atoms with E-state index in [-0.39, 0.29) is 5.91 Å². The lowest BCUT2D eigenvalue weighted by Gasteiger charge is -2.17. The Morgan fingerprint density at radius 2 is 1.92 bits per heavy atom. The summed E-state index contributed by atoms with van der Waals surface area (Å²) in [7, 11) is 0. The van der Waals surface area contributed by atoms with E-state index in [0.717, 1.165) is 16.8 Å². The average Bonchev–Trinajstić information content (AvgIpc) is 2.85. The molecule has 0 spiro atoms. The van der Waals surface area contributed by atoms with E-state index in [1.807, 2.05) is 49.5 Å². The monoisotopic (exact) mass is 337 g/mol. The minimum absolute atomic E-state index is 0.0393. The number of hydrogen-bond acceptors (Lipinski definition) is 3. The van der Waals surface area contributed by atoms with E-state index in [1.54, 1.807) is 0 Å². The summed E-state index contributed by atoms with van der Waals surface area (Å²) in [5, 5.41) is 6.45. The Labute approximate surface area is 150 Å².